The fraction of sp³-hybridized carbons (Fsp3) is 0.375. The van der Waals surface area contributed by atoms with Crippen LogP contribution in [0.2, 0.25) is 0 Å². The van der Waals surface area contributed by atoms with Crippen molar-refractivity contribution in [2.75, 3.05) is 7.11 Å². The first-order valence-electron chi connectivity index (χ1n) is 6.37. The van der Waals surface area contributed by atoms with Gasteiger partial charge in [-0.25, -0.2) is 4.39 Å². The maximum absolute atomic E-state index is 13.4. The Kier molecular flexibility index (Phi) is 3.89. The average Bonchev–Trinajstić information content (AvgIpc) is 2.47. The molecule has 0 saturated heterocycles. The molecule has 20 heavy (non-hydrogen) atoms. The number of carbonyl (C=O) groups excluding carboxylic acids is 2. The molecule has 0 spiro atoms. The van der Waals surface area contributed by atoms with E-state index in [-0.39, 0.29) is 24.4 Å². The van der Waals surface area contributed by atoms with E-state index in [1.54, 1.807) is 12.1 Å². The minimum atomic E-state index is -0.868. The van der Waals surface area contributed by atoms with Gasteiger partial charge in [0.2, 0.25) is 0 Å². The van der Waals surface area contributed by atoms with Gasteiger partial charge >= 0.3 is 5.97 Å². The summed E-state index contributed by atoms with van der Waals surface area (Å²) in [7, 11) is 1.24. The summed E-state index contributed by atoms with van der Waals surface area (Å²) in [4.78, 5) is 23.5. The Morgan fingerprint density at radius 3 is 2.90 bits per heavy atom. The Labute approximate surface area is 117 Å². The standard InChI is InChI=1S/C16H15FO3/c1-3-16(11-5-4-6-12(17)9-11)8-7-14(18)13(10-16)15(19)20-2/h1,4-6,9,13H,7-8,10H2,2H3. The lowest BCUT2D eigenvalue weighted by atomic mass is 9.66. The van der Waals surface area contributed by atoms with E-state index in [9.17, 15) is 14.0 Å². The van der Waals surface area contributed by atoms with E-state index in [0.29, 0.717) is 12.0 Å². The van der Waals surface area contributed by atoms with Crippen molar-refractivity contribution in [1.82, 2.24) is 0 Å². The first kappa shape index (κ1) is 14.3. The Morgan fingerprint density at radius 2 is 2.30 bits per heavy atom. The number of ketones is 1. The zero-order chi connectivity index (χ0) is 14.8. The second-order valence-corrected chi connectivity index (χ2v) is 4.98. The maximum atomic E-state index is 13.4. The molecule has 0 amide bonds. The molecule has 1 aromatic rings. The molecule has 3 nitrogen and oxygen atoms in total. The van der Waals surface area contributed by atoms with Crippen LogP contribution in [0, 0.1) is 24.1 Å². The summed E-state index contributed by atoms with van der Waals surface area (Å²) < 4.78 is 18.1. The molecule has 4 heteroatoms. The van der Waals surface area contributed by atoms with Crippen molar-refractivity contribution in [2.45, 2.75) is 24.7 Å². The topological polar surface area (TPSA) is 43.4 Å². The van der Waals surface area contributed by atoms with Crippen molar-refractivity contribution in [2.24, 2.45) is 5.92 Å². The van der Waals surface area contributed by atoms with Crippen LogP contribution >= 0.6 is 0 Å². The van der Waals surface area contributed by atoms with Gasteiger partial charge in [-0.1, -0.05) is 18.1 Å². The largest absolute Gasteiger partial charge is 0.468 e. The summed E-state index contributed by atoms with van der Waals surface area (Å²) in [5.41, 5.74) is -0.170. The highest BCUT2D eigenvalue weighted by Crippen LogP contribution is 2.40. The molecule has 0 radical (unpaired) electrons. The lowest BCUT2D eigenvalue weighted by molar-refractivity contribution is -0.151. The Bertz CT molecular complexity index is 580. The van der Waals surface area contributed by atoms with Crippen molar-refractivity contribution in [3.8, 4) is 12.3 Å². The van der Waals surface area contributed by atoms with Gasteiger partial charge in [-0.2, -0.15) is 0 Å². The molecule has 2 unspecified atom stereocenters. The summed E-state index contributed by atoms with van der Waals surface area (Å²) in [6.45, 7) is 0. The Balaban J connectivity index is 2.39. The van der Waals surface area contributed by atoms with Crippen molar-refractivity contribution < 1.29 is 18.7 Å². The van der Waals surface area contributed by atoms with Gasteiger partial charge in [0, 0.05) is 6.42 Å². The SMILES string of the molecule is C#CC1(c2cccc(F)c2)CCC(=O)C(C(=O)OC)C1. The number of terminal acetylenes is 1. The van der Waals surface area contributed by atoms with E-state index in [4.69, 9.17) is 6.42 Å². The smallest absolute Gasteiger partial charge is 0.316 e. The normalized spacial score (nSPS) is 25.9. The third kappa shape index (κ3) is 2.44. The van der Waals surface area contributed by atoms with E-state index < -0.39 is 17.3 Å². The molecule has 1 aliphatic carbocycles. The number of benzene rings is 1. The van der Waals surface area contributed by atoms with E-state index in [2.05, 4.69) is 10.7 Å². The summed E-state index contributed by atoms with van der Waals surface area (Å²) in [6.07, 6.45) is 6.41. The molecule has 1 aromatic carbocycles. The summed E-state index contributed by atoms with van der Waals surface area (Å²) in [5, 5.41) is 0. The molecule has 0 bridgehead atoms. The van der Waals surface area contributed by atoms with Crippen molar-refractivity contribution >= 4 is 11.8 Å². The van der Waals surface area contributed by atoms with Crippen LogP contribution in [0.5, 0.6) is 0 Å². The zero-order valence-electron chi connectivity index (χ0n) is 11.2. The van der Waals surface area contributed by atoms with Crippen LogP contribution in [-0.4, -0.2) is 18.9 Å². The molecule has 104 valence electrons. The predicted molar refractivity (Wildman–Crippen MR) is 71.3 cm³/mol. The van der Waals surface area contributed by atoms with Gasteiger partial charge in [0.15, 0.2) is 0 Å². The van der Waals surface area contributed by atoms with E-state index in [1.165, 1.54) is 19.2 Å². The van der Waals surface area contributed by atoms with Crippen LogP contribution in [-0.2, 0) is 19.7 Å². The highest BCUT2D eigenvalue weighted by atomic mass is 19.1. The number of carbonyl (C=O) groups is 2. The maximum Gasteiger partial charge on any atom is 0.316 e. The molecule has 1 saturated carbocycles. The third-order valence-corrected chi connectivity index (χ3v) is 3.88. The molecule has 1 aliphatic rings. The van der Waals surface area contributed by atoms with E-state index in [1.807, 2.05) is 0 Å². The van der Waals surface area contributed by atoms with Crippen LogP contribution in [0.1, 0.15) is 24.8 Å². The number of hydrogen-bond donors (Lipinski definition) is 0. The summed E-state index contributed by atoms with van der Waals surface area (Å²) in [6, 6.07) is 6.00. The number of rotatable bonds is 2. The van der Waals surface area contributed by atoms with Crippen LogP contribution in [0.25, 0.3) is 0 Å². The number of esters is 1. The zero-order valence-corrected chi connectivity index (χ0v) is 11.2. The van der Waals surface area contributed by atoms with Crippen LogP contribution in [0.4, 0.5) is 4.39 Å². The van der Waals surface area contributed by atoms with Crippen molar-refractivity contribution in [3.05, 3.63) is 35.6 Å². The molecule has 2 rings (SSSR count). The number of ether oxygens (including phenoxy) is 1. The first-order valence-corrected chi connectivity index (χ1v) is 6.37. The molecule has 2 atom stereocenters. The van der Waals surface area contributed by atoms with E-state index in [0.717, 1.165) is 0 Å². The van der Waals surface area contributed by atoms with Crippen LogP contribution in [0.15, 0.2) is 24.3 Å². The number of Topliss-reactive ketones (excluding diaryl/α,β-unsaturated/α-hetero) is 1. The fourth-order valence-corrected chi connectivity index (χ4v) is 2.69. The van der Waals surface area contributed by atoms with Gasteiger partial charge in [-0.15, -0.1) is 6.42 Å². The minimum absolute atomic E-state index is 0.165. The highest BCUT2D eigenvalue weighted by Gasteiger charge is 2.44. The summed E-state index contributed by atoms with van der Waals surface area (Å²) in [5.74, 6) is 0.665. The lowest BCUT2D eigenvalue weighted by Gasteiger charge is -2.35. The van der Waals surface area contributed by atoms with Gasteiger partial charge < -0.3 is 4.74 Å². The number of hydrogen-bond acceptors (Lipinski definition) is 3. The first-order chi connectivity index (χ1) is 9.52. The second-order valence-electron chi connectivity index (χ2n) is 4.98. The molecular formula is C16H15FO3. The fourth-order valence-electron chi connectivity index (χ4n) is 2.69. The number of halogens is 1. The van der Waals surface area contributed by atoms with Crippen LogP contribution < -0.4 is 0 Å². The van der Waals surface area contributed by atoms with Crippen molar-refractivity contribution in [3.63, 3.8) is 0 Å². The van der Waals surface area contributed by atoms with E-state index >= 15 is 0 Å². The Morgan fingerprint density at radius 1 is 1.55 bits per heavy atom. The average molecular weight is 274 g/mol. The van der Waals surface area contributed by atoms with Gasteiger partial charge in [-0.05, 0) is 30.5 Å². The molecule has 0 N–H and O–H groups in total. The number of methoxy groups -OCH3 is 1. The molecule has 0 aliphatic heterocycles. The molecular weight excluding hydrogens is 259 g/mol. The van der Waals surface area contributed by atoms with Gasteiger partial charge in [0.05, 0.1) is 12.5 Å². The van der Waals surface area contributed by atoms with Crippen molar-refractivity contribution in [1.29, 1.82) is 0 Å². The van der Waals surface area contributed by atoms with Gasteiger partial charge in [-0.3, -0.25) is 9.59 Å². The quantitative estimate of drug-likeness (QED) is 0.472. The lowest BCUT2D eigenvalue weighted by Crippen LogP contribution is -2.40. The Hall–Kier alpha value is -2.15. The third-order valence-electron chi connectivity index (χ3n) is 3.88. The molecule has 0 aromatic heterocycles. The van der Waals surface area contributed by atoms with Gasteiger partial charge in [0.25, 0.3) is 0 Å². The monoisotopic (exact) mass is 274 g/mol. The summed E-state index contributed by atoms with van der Waals surface area (Å²) >= 11 is 0. The second kappa shape index (κ2) is 5.46. The minimum Gasteiger partial charge on any atom is -0.468 e. The molecule has 1 fully saturated rings. The van der Waals surface area contributed by atoms with Crippen LogP contribution in [0.3, 0.4) is 0 Å². The predicted octanol–water partition coefficient (Wildman–Crippen LogP) is 2.24. The molecule has 0 heterocycles. The van der Waals surface area contributed by atoms with Gasteiger partial charge in [0.1, 0.15) is 17.5 Å². The highest BCUT2D eigenvalue weighted by molar-refractivity contribution is 6.00.